The van der Waals surface area contributed by atoms with Gasteiger partial charge in [-0.15, -0.1) is 0 Å². The first kappa shape index (κ1) is 18.7. The number of halogens is 1. The summed E-state index contributed by atoms with van der Waals surface area (Å²) >= 11 is 0. The summed E-state index contributed by atoms with van der Waals surface area (Å²) in [5, 5.41) is 9.19. The number of allylic oxidation sites excluding steroid dienone is 1. The third kappa shape index (κ3) is 3.24. The molecule has 3 heterocycles. The van der Waals surface area contributed by atoms with E-state index in [1.165, 1.54) is 21.3 Å². The molecule has 0 atom stereocenters. The minimum absolute atomic E-state index is 0.135. The number of rotatable bonds is 3. The maximum Gasteiger partial charge on any atom is 0.333 e. The van der Waals surface area contributed by atoms with Crippen molar-refractivity contribution in [3.8, 4) is 34.3 Å². The molecule has 0 aliphatic heterocycles. The summed E-state index contributed by atoms with van der Waals surface area (Å²) in [6, 6.07) is 11.6. The average molecular weight is 409 g/mol. The van der Waals surface area contributed by atoms with E-state index in [9.17, 15) is 14.4 Å². The highest BCUT2D eigenvalue weighted by atomic mass is 19.1. The zero-order chi connectivity index (χ0) is 21.5. The topological polar surface area (TPSA) is 76.5 Å². The van der Waals surface area contributed by atoms with Gasteiger partial charge in [-0.3, -0.25) is 14.5 Å². The van der Waals surface area contributed by atoms with Crippen molar-refractivity contribution in [1.29, 1.82) is 5.26 Å². The fraction of sp³-hybridized carbons (Fsp3) is 0.0833. The minimum Gasteiger partial charge on any atom is -0.301 e. The molecule has 1 aliphatic rings. The zero-order valence-electron chi connectivity index (χ0n) is 16.6. The van der Waals surface area contributed by atoms with Crippen LogP contribution in [0.5, 0.6) is 0 Å². The third-order valence-corrected chi connectivity index (χ3v) is 5.29. The Bertz CT molecular complexity index is 1470. The second-order valence-electron chi connectivity index (χ2n) is 7.35. The van der Waals surface area contributed by atoms with Gasteiger partial charge in [0, 0.05) is 37.6 Å². The molecule has 0 unspecified atom stereocenters. The molecule has 0 saturated carbocycles. The van der Waals surface area contributed by atoms with E-state index in [1.54, 1.807) is 19.4 Å². The van der Waals surface area contributed by atoms with Gasteiger partial charge in [0.15, 0.2) is 0 Å². The molecule has 4 aromatic rings. The van der Waals surface area contributed by atoms with Crippen LogP contribution in [0.4, 0.5) is 4.39 Å². The SMILES string of the molecule is Cn1cc(-c2cc(-c3cnc4c(c3)C=CC4)ccn2)n(-c2cc(F)cc(C#N)c2)c1=O. The Morgan fingerprint density at radius 2 is 2.00 bits per heavy atom. The predicted octanol–water partition coefficient (Wildman–Crippen LogP) is 3.88. The first-order chi connectivity index (χ1) is 15.0. The van der Waals surface area contributed by atoms with Gasteiger partial charge in [0.1, 0.15) is 5.82 Å². The van der Waals surface area contributed by atoms with E-state index in [0.717, 1.165) is 34.9 Å². The van der Waals surface area contributed by atoms with Crippen molar-refractivity contribution in [2.24, 2.45) is 7.05 Å². The molecule has 0 bridgehead atoms. The van der Waals surface area contributed by atoms with Crippen molar-refractivity contribution in [3.05, 3.63) is 94.2 Å². The zero-order valence-corrected chi connectivity index (χ0v) is 16.6. The third-order valence-electron chi connectivity index (χ3n) is 5.29. The van der Waals surface area contributed by atoms with Crippen molar-refractivity contribution >= 4 is 6.08 Å². The molecule has 0 saturated heterocycles. The van der Waals surface area contributed by atoms with Crippen LogP contribution in [0, 0.1) is 17.1 Å². The molecule has 6 nitrogen and oxygen atoms in total. The van der Waals surface area contributed by atoms with Crippen LogP contribution in [0.25, 0.3) is 34.3 Å². The van der Waals surface area contributed by atoms with Gasteiger partial charge in [-0.05, 0) is 47.5 Å². The summed E-state index contributed by atoms with van der Waals surface area (Å²) in [5.74, 6) is -0.588. The molecule has 0 radical (unpaired) electrons. The van der Waals surface area contributed by atoms with E-state index in [2.05, 4.69) is 28.2 Å². The Balaban J connectivity index is 1.66. The van der Waals surface area contributed by atoms with Crippen LogP contribution in [0.2, 0.25) is 0 Å². The Hall–Kier alpha value is -4.31. The molecule has 0 fully saturated rings. The summed E-state index contributed by atoms with van der Waals surface area (Å²) < 4.78 is 16.8. The number of hydrogen-bond donors (Lipinski definition) is 0. The van der Waals surface area contributed by atoms with E-state index in [1.807, 2.05) is 24.4 Å². The van der Waals surface area contributed by atoms with E-state index >= 15 is 0 Å². The Kier molecular flexibility index (Phi) is 4.33. The minimum atomic E-state index is -0.588. The fourth-order valence-corrected chi connectivity index (χ4v) is 3.79. The van der Waals surface area contributed by atoms with Gasteiger partial charge in [-0.2, -0.15) is 5.26 Å². The fourth-order valence-electron chi connectivity index (χ4n) is 3.79. The molecule has 0 N–H and O–H groups in total. The van der Waals surface area contributed by atoms with Crippen molar-refractivity contribution in [3.63, 3.8) is 0 Å². The van der Waals surface area contributed by atoms with E-state index < -0.39 is 5.82 Å². The number of imidazole rings is 1. The van der Waals surface area contributed by atoms with Gasteiger partial charge in [-0.25, -0.2) is 9.18 Å². The van der Waals surface area contributed by atoms with Crippen molar-refractivity contribution < 1.29 is 4.39 Å². The number of aryl methyl sites for hydroxylation is 1. The van der Waals surface area contributed by atoms with Crippen LogP contribution in [-0.2, 0) is 13.5 Å². The molecule has 150 valence electrons. The monoisotopic (exact) mass is 409 g/mol. The standard InChI is InChI=1S/C24H16FN5O/c1-29-14-23(30(24(29)31)20-8-15(12-26)7-19(25)11-20)22-10-16(5-6-27-22)18-9-17-3-2-4-21(17)28-13-18/h2-3,5-11,13-14H,4H2,1H3. The van der Waals surface area contributed by atoms with Gasteiger partial charge in [0.2, 0.25) is 0 Å². The lowest BCUT2D eigenvalue weighted by Gasteiger charge is -2.10. The summed E-state index contributed by atoms with van der Waals surface area (Å²) in [7, 11) is 1.62. The number of aromatic nitrogens is 4. The van der Waals surface area contributed by atoms with Gasteiger partial charge in [0.25, 0.3) is 0 Å². The Morgan fingerprint density at radius 1 is 1.13 bits per heavy atom. The maximum atomic E-state index is 14.1. The molecule has 3 aromatic heterocycles. The van der Waals surface area contributed by atoms with E-state index in [0.29, 0.717) is 11.4 Å². The molecule has 7 heteroatoms. The van der Waals surface area contributed by atoms with Gasteiger partial charge in [0.05, 0.1) is 34.4 Å². The van der Waals surface area contributed by atoms with Crippen LogP contribution >= 0.6 is 0 Å². The summed E-state index contributed by atoms with van der Waals surface area (Å²) in [5.41, 5.74) is 5.08. The molecule has 1 aromatic carbocycles. The molecule has 5 rings (SSSR count). The van der Waals surface area contributed by atoms with Crippen LogP contribution < -0.4 is 5.69 Å². The lowest BCUT2D eigenvalue weighted by molar-refractivity contribution is 0.625. The highest BCUT2D eigenvalue weighted by molar-refractivity contribution is 5.72. The van der Waals surface area contributed by atoms with Crippen LogP contribution in [-0.4, -0.2) is 19.1 Å². The second-order valence-corrected chi connectivity index (χ2v) is 7.35. The lowest BCUT2D eigenvalue weighted by atomic mass is 10.0. The average Bonchev–Trinajstić information content (AvgIpc) is 3.37. The highest BCUT2D eigenvalue weighted by Crippen LogP contribution is 2.28. The number of hydrogen-bond acceptors (Lipinski definition) is 4. The highest BCUT2D eigenvalue weighted by Gasteiger charge is 2.17. The number of nitrogens with zero attached hydrogens (tertiary/aromatic N) is 5. The van der Waals surface area contributed by atoms with E-state index in [-0.39, 0.29) is 16.9 Å². The van der Waals surface area contributed by atoms with Gasteiger partial charge in [-0.1, -0.05) is 12.2 Å². The Labute approximate surface area is 177 Å². The molecule has 0 spiro atoms. The lowest BCUT2D eigenvalue weighted by Crippen LogP contribution is -2.21. The van der Waals surface area contributed by atoms with Crippen molar-refractivity contribution in [1.82, 2.24) is 19.1 Å². The van der Waals surface area contributed by atoms with Crippen LogP contribution in [0.3, 0.4) is 0 Å². The van der Waals surface area contributed by atoms with Gasteiger partial charge >= 0.3 is 5.69 Å². The largest absolute Gasteiger partial charge is 0.333 e. The summed E-state index contributed by atoms with van der Waals surface area (Å²) in [6.45, 7) is 0. The quantitative estimate of drug-likeness (QED) is 0.515. The first-order valence-corrected chi connectivity index (χ1v) is 9.65. The van der Waals surface area contributed by atoms with Gasteiger partial charge < -0.3 is 4.57 Å². The molecule has 1 aliphatic carbocycles. The molecular formula is C24H16FN5O. The number of nitriles is 1. The van der Waals surface area contributed by atoms with Crippen LogP contribution in [0.1, 0.15) is 16.8 Å². The van der Waals surface area contributed by atoms with E-state index in [4.69, 9.17) is 0 Å². The predicted molar refractivity (Wildman–Crippen MR) is 115 cm³/mol. The van der Waals surface area contributed by atoms with Crippen molar-refractivity contribution in [2.75, 3.05) is 0 Å². The summed E-state index contributed by atoms with van der Waals surface area (Å²) in [4.78, 5) is 21.8. The molecule has 0 amide bonds. The number of fused-ring (bicyclic) bond motifs is 1. The first-order valence-electron chi connectivity index (χ1n) is 9.65. The molecular weight excluding hydrogens is 393 g/mol. The number of pyridine rings is 2. The second kappa shape index (κ2) is 7.18. The Morgan fingerprint density at radius 3 is 2.84 bits per heavy atom. The summed E-state index contributed by atoms with van der Waals surface area (Å²) in [6.07, 6.45) is 10.1. The number of benzene rings is 1. The maximum absolute atomic E-state index is 14.1. The molecule has 31 heavy (non-hydrogen) atoms. The van der Waals surface area contributed by atoms with Crippen LogP contribution in [0.15, 0.2) is 65.9 Å². The van der Waals surface area contributed by atoms with Crippen molar-refractivity contribution in [2.45, 2.75) is 6.42 Å². The smallest absolute Gasteiger partial charge is 0.301 e. The normalized spacial score (nSPS) is 12.0.